The van der Waals surface area contributed by atoms with Crippen LogP contribution in [0.25, 0.3) is 0 Å². The van der Waals surface area contributed by atoms with E-state index < -0.39 is 11.6 Å². The van der Waals surface area contributed by atoms with Gasteiger partial charge in [0.05, 0.1) is 6.42 Å². The molecule has 0 saturated carbocycles. The SMILES string of the molecule is CC(C)(C)NC(=O)[C@H](Cc1ccccc1)N(Cc1cccc(Cl)c1)C(=O)Cc1ccc(Cl)cc1Cl. The third-order valence-corrected chi connectivity index (χ3v) is 6.19. The van der Waals surface area contributed by atoms with Gasteiger partial charge in [-0.3, -0.25) is 9.59 Å². The van der Waals surface area contributed by atoms with Crippen molar-refractivity contribution in [2.45, 2.75) is 51.7 Å². The summed E-state index contributed by atoms with van der Waals surface area (Å²) in [5.41, 5.74) is 1.97. The summed E-state index contributed by atoms with van der Waals surface area (Å²) in [5, 5.41) is 4.52. The van der Waals surface area contributed by atoms with Crippen LogP contribution in [-0.4, -0.2) is 28.3 Å². The maximum absolute atomic E-state index is 13.8. The fourth-order valence-electron chi connectivity index (χ4n) is 3.77. The fourth-order valence-corrected chi connectivity index (χ4v) is 4.46. The van der Waals surface area contributed by atoms with Crippen LogP contribution in [0, 0.1) is 0 Å². The lowest BCUT2D eigenvalue weighted by Gasteiger charge is -2.34. The van der Waals surface area contributed by atoms with Crippen LogP contribution in [0.3, 0.4) is 0 Å². The van der Waals surface area contributed by atoms with Gasteiger partial charge in [0.1, 0.15) is 6.04 Å². The van der Waals surface area contributed by atoms with Crippen LogP contribution in [0.4, 0.5) is 0 Å². The van der Waals surface area contributed by atoms with Gasteiger partial charge in [-0.25, -0.2) is 0 Å². The van der Waals surface area contributed by atoms with Gasteiger partial charge in [-0.05, 0) is 61.7 Å². The van der Waals surface area contributed by atoms with Crippen LogP contribution in [0.2, 0.25) is 15.1 Å². The van der Waals surface area contributed by atoms with Crippen molar-refractivity contribution in [2.75, 3.05) is 0 Å². The molecule has 4 nitrogen and oxygen atoms in total. The zero-order valence-electron chi connectivity index (χ0n) is 20.0. The summed E-state index contributed by atoms with van der Waals surface area (Å²) >= 11 is 18.6. The van der Waals surface area contributed by atoms with Crippen molar-refractivity contribution in [1.82, 2.24) is 10.2 Å². The number of hydrogen-bond acceptors (Lipinski definition) is 2. The van der Waals surface area contributed by atoms with E-state index >= 15 is 0 Å². The van der Waals surface area contributed by atoms with Gasteiger partial charge in [0.2, 0.25) is 11.8 Å². The van der Waals surface area contributed by atoms with Gasteiger partial charge in [0.15, 0.2) is 0 Å². The number of nitrogens with one attached hydrogen (secondary N) is 1. The van der Waals surface area contributed by atoms with Gasteiger partial charge in [-0.2, -0.15) is 0 Å². The van der Waals surface area contributed by atoms with E-state index in [4.69, 9.17) is 34.8 Å². The molecule has 0 aromatic heterocycles. The van der Waals surface area contributed by atoms with Gasteiger partial charge < -0.3 is 10.2 Å². The molecule has 35 heavy (non-hydrogen) atoms. The molecule has 0 radical (unpaired) electrons. The topological polar surface area (TPSA) is 49.4 Å². The first-order valence-electron chi connectivity index (χ1n) is 11.4. The number of benzene rings is 3. The second kappa shape index (κ2) is 11.9. The van der Waals surface area contributed by atoms with Crippen LogP contribution >= 0.6 is 34.8 Å². The Hall–Kier alpha value is -2.53. The van der Waals surface area contributed by atoms with Crippen LogP contribution in [0.15, 0.2) is 72.8 Å². The third-order valence-electron chi connectivity index (χ3n) is 5.37. The molecule has 7 heteroatoms. The fraction of sp³-hybridized carbons (Fsp3) is 0.286. The monoisotopic (exact) mass is 530 g/mol. The van der Waals surface area contributed by atoms with Crippen LogP contribution < -0.4 is 5.32 Å². The third kappa shape index (κ3) is 8.28. The van der Waals surface area contributed by atoms with Crippen molar-refractivity contribution >= 4 is 46.6 Å². The second-order valence-electron chi connectivity index (χ2n) is 9.51. The highest BCUT2D eigenvalue weighted by Crippen LogP contribution is 2.24. The minimum Gasteiger partial charge on any atom is -0.350 e. The first-order chi connectivity index (χ1) is 16.5. The minimum absolute atomic E-state index is 0.0324. The van der Waals surface area contributed by atoms with E-state index in [-0.39, 0.29) is 24.8 Å². The Morgan fingerprint density at radius 1 is 0.857 bits per heavy atom. The first-order valence-corrected chi connectivity index (χ1v) is 12.5. The van der Waals surface area contributed by atoms with E-state index in [1.54, 1.807) is 35.2 Å². The average Bonchev–Trinajstić information content (AvgIpc) is 2.77. The van der Waals surface area contributed by atoms with Crippen LogP contribution in [0.5, 0.6) is 0 Å². The Kier molecular flexibility index (Phi) is 9.23. The summed E-state index contributed by atoms with van der Waals surface area (Å²) in [6.07, 6.45) is 0.397. The molecule has 0 heterocycles. The van der Waals surface area contributed by atoms with Crippen molar-refractivity contribution in [3.8, 4) is 0 Å². The molecule has 1 atom stereocenters. The lowest BCUT2D eigenvalue weighted by Crippen LogP contribution is -2.54. The van der Waals surface area contributed by atoms with Crippen molar-refractivity contribution in [1.29, 1.82) is 0 Å². The van der Waals surface area contributed by atoms with Crippen molar-refractivity contribution in [2.24, 2.45) is 0 Å². The van der Waals surface area contributed by atoms with Crippen molar-refractivity contribution < 1.29 is 9.59 Å². The Labute approximate surface area is 222 Å². The summed E-state index contributed by atoms with van der Waals surface area (Å²) in [7, 11) is 0. The molecule has 0 unspecified atom stereocenters. The van der Waals surface area contributed by atoms with E-state index in [9.17, 15) is 9.59 Å². The Balaban J connectivity index is 2.01. The molecule has 1 N–H and O–H groups in total. The highest BCUT2D eigenvalue weighted by molar-refractivity contribution is 6.35. The van der Waals surface area contributed by atoms with Gasteiger partial charge in [0.25, 0.3) is 0 Å². The lowest BCUT2D eigenvalue weighted by molar-refractivity contribution is -0.141. The molecular weight excluding hydrogens is 503 g/mol. The van der Waals surface area contributed by atoms with Gasteiger partial charge in [0, 0.05) is 33.6 Å². The Bertz CT molecular complexity index is 1180. The van der Waals surface area contributed by atoms with Crippen LogP contribution in [0.1, 0.15) is 37.5 Å². The molecule has 0 aliphatic heterocycles. The number of carbonyl (C=O) groups excluding carboxylic acids is 2. The highest BCUT2D eigenvalue weighted by Gasteiger charge is 2.32. The van der Waals surface area contributed by atoms with Crippen molar-refractivity contribution in [3.63, 3.8) is 0 Å². The predicted octanol–water partition coefficient (Wildman–Crippen LogP) is 6.74. The zero-order valence-corrected chi connectivity index (χ0v) is 22.3. The maximum atomic E-state index is 13.8. The van der Waals surface area contributed by atoms with Gasteiger partial charge in [-0.15, -0.1) is 0 Å². The molecule has 0 spiro atoms. The lowest BCUT2D eigenvalue weighted by atomic mass is 10.00. The summed E-state index contributed by atoms with van der Waals surface area (Å²) in [4.78, 5) is 28.9. The zero-order chi connectivity index (χ0) is 25.6. The number of nitrogens with zero attached hydrogens (tertiary/aromatic N) is 1. The molecule has 3 aromatic carbocycles. The van der Waals surface area contributed by atoms with Crippen LogP contribution in [-0.2, 0) is 29.0 Å². The predicted molar refractivity (Wildman–Crippen MR) is 144 cm³/mol. The number of carbonyl (C=O) groups is 2. The first kappa shape index (κ1) is 27.1. The summed E-state index contributed by atoms with van der Waals surface area (Å²) in [6.45, 7) is 5.98. The van der Waals surface area contributed by atoms with E-state index in [1.165, 1.54) is 0 Å². The molecule has 0 aliphatic carbocycles. The van der Waals surface area contributed by atoms with E-state index in [1.807, 2.05) is 63.2 Å². The number of amides is 2. The smallest absolute Gasteiger partial charge is 0.243 e. The molecule has 3 aromatic rings. The normalized spacial score (nSPS) is 12.2. The number of hydrogen-bond donors (Lipinski definition) is 1. The molecule has 0 saturated heterocycles. The van der Waals surface area contributed by atoms with E-state index in [0.29, 0.717) is 27.1 Å². The molecule has 2 amide bonds. The van der Waals surface area contributed by atoms with E-state index in [2.05, 4.69) is 5.32 Å². The molecule has 184 valence electrons. The molecule has 0 fully saturated rings. The molecule has 3 rings (SSSR count). The molecular formula is C28H29Cl3N2O2. The number of halogens is 3. The highest BCUT2D eigenvalue weighted by atomic mass is 35.5. The maximum Gasteiger partial charge on any atom is 0.243 e. The summed E-state index contributed by atoms with van der Waals surface area (Å²) in [5.74, 6) is -0.446. The second-order valence-corrected chi connectivity index (χ2v) is 10.8. The Morgan fingerprint density at radius 3 is 2.14 bits per heavy atom. The summed E-state index contributed by atoms with van der Waals surface area (Å²) in [6, 6.07) is 21.3. The largest absolute Gasteiger partial charge is 0.350 e. The van der Waals surface area contributed by atoms with E-state index in [0.717, 1.165) is 11.1 Å². The van der Waals surface area contributed by atoms with Gasteiger partial charge >= 0.3 is 0 Å². The van der Waals surface area contributed by atoms with Crippen molar-refractivity contribution in [3.05, 3.63) is 105 Å². The van der Waals surface area contributed by atoms with Gasteiger partial charge in [-0.1, -0.05) is 83.3 Å². The summed E-state index contributed by atoms with van der Waals surface area (Å²) < 4.78 is 0. The number of rotatable bonds is 8. The standard InChI is InChI=1S/C28H29Cl3N2O2/c1-28(2,3)32-27(35)25(15-19-8-5-4-6-9-19)33(18-20-10-7-11-22(29)14-20)26(34)16-21-12-13-23(30)17-24(21)31/h4-14,17,25H,15-16,18H2,1-3H3,(H,32,35)/t25-/m0/s1. The average molecular weight is 532 g/mol. The molecule has 0 bridgehead atoms. The quantitative estimate of drug-likeness (QED) is 0.350. The minimum atomic E-state index is -0.741. The Morgan fingerprint density at radius 2 is 1.51 bits per heavy atom. The molecule has 0 aliphatic rings.